The van der Waals surface area contributed by atoms with Crippen molar-refractivity contribution in [3.63, 3.8) is 0 Å². The third-order valence-electron chi connectivity index (χ3n) is 2.62. The summed E-state index contributed by atoms with van der Waals surface area (Å²) in [4.78, 5) is 27.2. The number of carbonyl (C=O) groups excluding carboxylic acids is 1. The molecule has 0 bridgehead atoms. The first-order chi connectivity index (χ1) is 8.72. The summed E-state index contributed by atoms with van der Waals surface area (Å²) in [5.74, 6) is -0.267. The third kappa shape index (κ3) is 2.56. The molecule has 5 heteroatoms. The molecule has 0 radical (unpaired) electrons. The van der Waals surface area contributed by atoms with E-state index in [4.69, 9.17) is 4.74 Å². The molecule has 0 atom stereocenters. The first kappa shape index (κ1) is 12.3. The second kappa shape index (κ2) is 5.44. The van der Waals surface area contributed by atoms with Gasteiger partial charge in [0.05, 0.1) is 23.8 Å². The molecular weight excluding hydrogens is 232 g/mol. The van der Waals surface area contributed by atoms with Crippen LogP contribution in [0.3, 0.4) is 0 Å². The van der Waals surface area contributed by atoms with Gasteiger partial charge in [0, 0.05) is 6.42 Å². The maximum atomic E-state index is 12.1. The highest BCUT2D eigenvalue weighted by Gasteiger charge is 2.04. The SMILES string of the molecule is CCC(=O)OCCn1cnc2ccccc2c1=O. The van der Waals surface area contributed by atoms with Crippen LogP contribution in [-0.2, 0) is 16.1 Å². The molecule has 1 aromatic heterocycles. The Morgan fingerprint density at radius 2 is 2.17 bits per heavy atom. The van der Waals surface area contributed by atoms with E-state index >= 15 is 0 Å². The van der Waals surface area contributed by atoms with Crippen LogP contribution in [0.25, 0.3) is 10.9 Å². The standard InChI is InChI=1S/C13H14N2O3/c1-2-12(16)18-8-7-15-9-14-11-6-4-3-5-10(11)13(15)17/h3-6,9H,2,7-8H2,1H3. The van der Waals surface area contributed by atoms with Gasteiger partial charge in [-0.1, -0.05) is 19.1 Å². The van der Waals surface area contributed by atoms with E-state index < -0.39 is 0 Å². The molecule has 0 aliphatic carbocycles. The molecule has 5 nitrogen and oxygen atoms in total. The topological polar surface area (TPSA) is 61.2 Å². The van der Waals surface area contributed by atoms with Crippen LogP contribution in [0.5, 0.6) is 0 Å². The van der Waals surface area contributed by atoms with Gasteiger partial charge in [-0.15, -0.1) is 0 Å². The van der Waals surface area contributed by atoms with E-state index in [9.17, 15) is 9.59 Å². The summed E-state index contributed by atoms with van der Waals surface area (Å²) in [6, 6.07) is 7.16. The number of esters is 1. The summed E-state index contributed by atoms with van der Waals surface area (Å²) in [6.45, 7) is 2.24. The highest BCUT2D eigenvalue weighted by atomic mass is 16.5. The quantitative estimate of drug-likeness (QED) is 0.764. The summed E-state index contributed by atoms with van der Waals surface area (Å²) in [5, 5.41) is 0.571. The first-order valence-corrected chi connectivity index (χ1v) is 5.82. The molecule has 0 saturated carbocycles. The van der Waals surface area contributed by atoms with Crippen molar-refractivity contribution in [1.82, 2.24) is 9.55 Å². The molecule has 0 unspecified atom stereocenters. The lowest BCUT2D eigenvalue weighted by Crippen LogP contribution is -2.23. The molecule has 18 heavy (non-hydrogen) atoms. The van der Waals surface area contributed by atoms with Gasteiger partial charge in [-0.05, 0) is 12.1 Å². The average molecular weight is 246 g/mol. The van der Waals surface area contributed by atoms with Gasteiger partial charge in [0.15, 0.2) is 0 Å². The van der Waals surface area contributed by atoms with Crippen LogP contribution in [0.2, 0.25) is 0 Å². The zero-order chi connectivity index (χ0) is 13.0. The predicted octanol–water partition coefficient (Wildman–Crippen LogP) is 1.35. The largest absolute Gasteiger partial charge is 0.464 e. The van der Waals surface area contributed by atoms with Crippen LogP contribution in [0.15, 0.2) is 35.4 Å². The summed E-state index contributed by atoms with van der Waals surface area (Å²) in [5.41, 5.74) is 0.553. The van der Waals surface area contributed by atoms with Crippen molar-refractivity contribution in [2.75, 3.05) is 6.61 Å². The van der Waals surface area contributed by atoms with Crippen LogP contribution in [0.4, 0.5) is 0 Å². The number of benzene rings is 1. The van der Waals surface area contributed by atoms with E-state index in [0.717, 1.165) is 0 Å². The lowest BCUT2D eigenvalue weighted by atomic mass is 10.2. The maximum absolute atomic E-state index is 12.1. The van der Waals surface area contributed by atoms with Crippen molar-refractivity contribution in [1.29, 1.82) is 0 Å². The first-order valence-electron chi connectivity index (χ1n) is 5.82. The van der Waals surface area contributed by atoms with E-state index in [1.165, 1.54) is 10.9 Å². The van der Waals surface area contributed by atoms with Crippen molar-refractivity contribution >= 4 is 16.9 Å². The lowest BCUT2D eigenvalue weighted by molar-refractivity contribution is -0.143. The summed E-state index contributed by atoms with van der Waals surface area (Å²) in [6.07, 6.45) is 1.81. The highest BCUT2D eigenvalue weighted by molar-refractivity contribution is 5.76. The van der Waals surface area contributed by atoms with E-state index in [2.05, 4.69) is 4.98 Å². The Hall–Kier alpha value is -2.17. The Bertz CT molecular complexity index is 619. The van der Waals surface area contributed by atoms with Gasteiger partial charge >= 0.3 is 5.97 Å². The fourth-order valence-corrected chi connectivity index (χ4v) is 1.63. The molecule has 1 aromatic carbocycles. The summed E-state index contributed by atoms with van der Waals surface area (Å²) < 4.78 is 6.39. The van der Waals surface area contributed by atoms with Gasteiger partial charge in [0.25, 0.3) is 5.56 Å². The molecule has 0 aliphatic heterocycles. The molecular formula is C13H14N2O3. The van der Waals surface area contributed by atoms with Crippen molar-refractivity contribution < 1.29 is 9.53 Å². The highest BCUT2D eigenvalue weighted by Crippen LogP contribution is 2.04. The van der Waals surface area contributed by atoms with E-state index in [1.807, 2.05) is 6.07 Å². The Morgan fingerprint density at radius 3 is 2.94 bits per heavy atom. The van der Waals surface area contributed by atoms with Gasteiger partial charge < -0.3 is 4.74 Å². The minimum atomic E-state index is -0.267. The minimum absolute atomic E-state index is 0.117. The second-order valence-corrected chi connectivity index (χ2v) is 3.83. The van der Waals surface area contributed by atoms with Gasteiger partial charge in [0.1, 0.15) is 6.61 Å². The number of fused-ring (bicyclic) bond motifs is 1. The second-order valence-electron chi connectivity index (χ2n) is 3.83. The molecule has 0 spiro atoms. The molecule has 2 rings (SSSR count). The molecule has 0 amide bonds. The number of para-hydroxylation sites is 1. The Morgan fingerprint density at radius 1 is 1.39 bits per heavy atom. The number of hydrogen-bond donors (Lipinski definition) is 0. The average Bonchev–Trinajstić information content (AvgIpc) is 2.41. The molecule has 1 heterocycles. The van der Waals surface area contributed by atoms with Crippen LogP contribution in [0, 0.1) is 0 Å². The Balaban J connectivity index is 2.17. The van der Waals surface area contributed by atoms with Crippen molar-refractivity contribution in [2.24, 2.45) is 0 Å². The van der Waals surface area contributed by atoms with Gasteiger partial charge in [0.2, 0.25) is 0 Å². The zero-order valence-corrected chi connectivity index (χ0v) is 10.1. The van der Waals surface area contributed by atoms with E-state index in [0.29, 0.717) is 23.9 Å². The number of ether oxygens (including phenoxy) is 1. The lowest BCUT2D eigenvalue weighted by Gasteiger charge is -2.07. The fourth-order valence-electron chi connectivity index (χ4n) is 1.63. The Kier molecular flexibility index (Phi) is 3.72. The fraction of sp³-hybridized carbons (Fsp3) is 0.308. The summed E-state index contributed by atoms with van der Waals surface area (Å²) >= 11 is 0. The number of rotatable bonds is 4. The molecule has 94 valence electrons. The van der Waals surface area contributed by atoms with Gasteiger partial charge in [-0.3, -0.25) is 14.2 Å². The van der Waals surface area contributed by atoms with Crippen molar-refractivity contribution in [3.05, 3.63) is 40.9 Å². The molecule has 0 aliphatic rings. The predicted molar refractivity (Wildman–Crippen MR) is 67.3 cm³/mol. The number of nitrogens with zero attached hydrogens (tertiary/aromatic N) is 2. The summed E-state index contributed by atoms with van der Waals surface area (Å²) in [7, 11) is 0. The monoisotopic (exact) mass is 246 g/mol. The van der Waals surface area contributed by atoms with E-state index in [1.54, 1.807) is 25.1 Å². The van der Waals surface area contributed by atoms with Crippen molar-refractivity contribution in [3.8, 4) is 0 Å². The van der Waals surface area contributed by atoms with Crippen LogP contribution in [0.1, 0.15) is 13.3 Å². The molecule has 2 aromatic rings. The van der Waals surface area contributed by atoms with Crippen LogP contribution >= 0.6 is 0 Å². The number of carbonyl (C=O) groups is 1. The van der Waals surface area contributed by atoms with Gasteiger partial charge in [-0.25, -0.2) is 4.98 Å². The molecule has 0 saturated heterocycles. The zero-order valence-electron chi connectivity index (χ0n) is 10.1. The number of hydrogen-bond acceptors (Lipinski definition) is 4. The van der Waals surface area contributed by atoms with Crippen molar-refractivity contribution in [2.45, 2.75) is 19.9 Å². The smallest absolute Gasteiger partial charge is 0.305 e. The minimum Gasteiger partial charge on any atom is -0.464 e. The molecule has 0 fully saturated rings. The number of aromatic nitrogens is 2. The molecule has 0 N–H and O–H groups in total. The Labute approximate surface area is 104 Å². The maximum Gasteiger partial charge on any atom is 0.305 e. The van der Waals surface area contributed by atoms with Crippen LogP contribution < -0.4 is 5.56 Å². The normalized spacial score (nSPS) is 10.5. The van der Waals surface area contributed by atoms with Gasteiger partial charge in [-0.2, -0.15) is 0 Å². The van der Waals surface area contributed by atoms with E-state index in [-0.39, 0.29) is 18.1 Å². The third-order valence-corrected chi connectivity index (χ3v) is 2.62. The van der Waals surface area contributed by atoms with Crippen LogP contribution in [-0.4, -0.2) is 22.1 Å².